The van der Waals surface area contributed by atoms with Crippen molar-refractivity contribution in [2.75, 3.05) is 39.0 Å². The van der Waals surface area contributed by atoms with E-state index < -0.39 is 0 Å². The minimum absolute atomic E-state index is 0.205. The van der Waals surface area contributed by atoms with E-state index in [4.69, 9.17) is 5.73 Å². The first-order valence-corrected chi connectivity index (χ1v) is 12.9. The average molecular weight is 444 g/mol. The minimum atomic E-state index is 0.205. The Morgan fingerprint density at radius 2 is 1.76 bits per heavy atom. The van der Waals surface area contributed by atoms with Crippen molar-refractivity contribution in [1.29, 1.82) is 0 Å². The van der Waals surface area contributed by atoms with Crippen molar-refractivity contribution in [2.45, 2.75) is 38.5 Å². The molecule has 0 aromatic heterocycles. The first-order chi connectivity index (χ1) is 16.0. The lowest BCUT2D eigenvalue weighted by molar-refractivity contribution is -0.137. The molecule has 33 heavy (non-hydrogen) atoms. The summed E-state index contributed by atoms with van der Waals surface area (Å²) in [4.78, 5) is 17.6. The van der Waals surface area contributed by atoms with Crippen LogP contribution in [0, 0.1) is 29.1 Å². The molecule has 2 atom stereocenters. The molecule has 2 N–H and O–H groups in total. The van der Waals surface area contributed by atoms with Crippen molar-refractivity contribution in [1.82, 2.24) is 9.80 Å². The number of anilines is 1. The van der Waals surface area contributed by atoms with E-state index in [-0.39, 0.29) is 5.91 Å². The van der Waals surface area contributed by atoms with Gasteiger partial charge in [0.2, 0.25) is 5.91 Å². The van der Waals surface area contributed by atoms with Gasteiger partial charge in [-0.1, -0.05) is 36.4 Å². The molecule has 2 aromatic rings. The van der Waals surface area contributed by atoms with E-state index in [0.29, 0.717) is 23.4 Å². The number of nitrogens with zero attached hydrogens (tertiary/aromatic N) is 2. The van der Waals surface area contributed by atoms with E-state index in [0.717, 1.165) is 54.1 Å². The summed E-state index contributed by atoms with van der Waals surface area (Å²) < 4.78 is 0. The largest absolute Gasteiger partial charge is 0.398 e. The van der Waals surface area contributed by atoms with E-state index in [1.165, 1.54) is 38.6 Å². The van der Waals surface area contributed by atoms with Crippen LogP contribution in [0.25, 0.3) is 11.1 Å². The van der Waals surface area contributed by atoms with Crippen LogP contribution in [0.1, 0.15) is 37.7 Å². The quantitative estimate of drug-likeness (QED) is 0.632. The Labute approximate surface area is 198 Å². The van der Waals surface area contributed by atoms with Crippen LogP contribution in [-0.2, 0) is 11.2 Å². The summed E-state index contributed by atoms with van der Waals surface area (Å²) in [5.41, 5.74) is 10.8. The van der Waals surface area contributed by atoms with Gasteiger partial charge in [0.1, 0.15) is 0 Å². The topological polar surface area (TPSA) is 49.6 Å². The van der Waals surface area contributed by atoms with Crippen molar-refractivity contribution < 1.29 is 4.79 Å². The van der Waals surface area contributed by atoms with Crippen molar-refractivity contribution in [3.63, 3.8) is 0 Å². The Hall–Kier alpha value is -2.33. The van der Waals surface area contributed by atoms with Crippen molar-refractivity contribution in [2.24, 2.45) is 29.1 Å². The van der Waals surface area contributed by atoms with Crippen LogP contribution in [0.3, 0.4) is 0 Å². The molecule has 4 saturated carbocycles. The van der Waals surface area contributed by atoms with Gasteiger partial charge in [0.05, 0.1) is 6.42 Å². The predicted molar refractivity (Wildman–Crippen MR) is 134 cm³/mol. The number of nitrogen functional groups attached to an aromatic ring is 1. The van der Waals surface area contributed by atoms with E-state index in [1.807, 2.05) is 35.2 Å². The summed E-state index contributed by atoms with van der Waals surface area (Å²) in [5, 5.41) is 0. The highest BCUT2D eigenvalue weighted by atomic mass is 16.2. The summed E-state index contributed by atoms with van der Waals surface area (Å²) in [6.07, 6.45) is 7.88. The van der Waals surface area contributed by atoms with Gasteiger partial charge in [-0.2, -0.15) is 0 Å². The second kappa shape index (κ2) is 8.16. The first-order valence-electron chi connectivity index (χ1n) is 12.9. The minimum Gasteiger partial charge on any atom is -0.398 e. The molecule has 5 aliphatic rings. The molecule has 174 valence electrons. The second-order valence-corrected chi connectivity index (χ2v) is 11.7. The molecule has 4 aliphatic carbocycles. The molecular formula is C29H37N3O. The van der Waals surface area contributed by atoms with Crippen LogP contribution in [0.4, 0.5) is 5.69 Å². The Kier molecular flexibility index (Phi) is 5.25. The van der Waals surface area contributed by atoms with E-state index >= 15 is 0 Å². The van der Waals surface area contributed by atoms with Crippen LogP contribution in [0.15, 0.2) is 48.5 Å². The first kappa shape index (κ1) is 21.2. The van der Waals surface area contributed by atoms with Gasteiger partial charge >= 0.3 is 0 Å². The summed E-state index contributed by atoms with van der Waals surface area (Å²) in [7, 11) is 2.31. The van der Waals surface area contributed by atoms with Gasteiger partial charge in [-0.05, 0) is 91.1 Å². The number of hydrogen-bond acceptors (Lipinski definition) is 3. The fraction of sp³-hybridized carbons (Fsp3) is 0.552. The number of carbonyl (C=O) groups excluding carboxylic acids is 1. The van der Waals surface area contributed by atoms with Crippen molar-refractivity contribution >= 4 is 11.6 Å². The maximum Gasteiger partial charge on any atom is 0.227 e. The third-order valence-corrected chi connectivity index (χ3v) is 9.22. The van der Waals surface area contributed by atoms with Crippen LogP contribution in [0.2, 0.25) is 0 Å². The fourth-order valence-corrected chi connectivity index (χ4v) is 8.00. The molecule has 1 amide bonds. The Morgan fingerprint density at radius 3 is 2.48 bits per heavy atom. The van der Waals surface area contributed by atoms with Gasteiger partial charge in [0.15, 0.2) is 0 Å². The maximum atomic E-state index is 13.0. The van der Waals surface area contributed by atoms with Gasteiger partial charge in [-0.25, -0.2) is 0 Å². The van der Waals surface area contributed by atoms with Gasteiger partial charge < -0.3 is 15.5 Å². The highest BCUT2D eigenvalue weighted by molar-refractivity contribution is 5.82. The number of hydrogen-bond donors (Lipinski definition) is 1. The van der Waals surface area contributed by atoms with E-state index in [9.17, 15) is 4.79 Å². The number of amides is 1. The van der Waals surface area contributed by atoms with Crippen LogP contribution < -0.4 is 5.73 Å². The molecule has 2 aromatic carbocycles. The van der Waals surface area contributed by atoms with Crippen LogP contribution in [0.5, 0.6) is 0 Å². The van der Waals surface area contributed by atoms with Crippen molar-refractivity contribution in [3.05, 3.63) is 54.1 Å². The fourth-order valence-electron chi connectivity index (χ4n) is 8.00. The monoisotopic (exact) mass is 443 g/mol. The third kappa shape index (κ3) is 3.97. The summed E-state index contributed by atoms with van der Waals surface area (Å²) in [6, 6.07) is 16.3. The molecule has 7 rings (SSSR count). The van der Waals surface area contributed by atoms with Gasteiger partial charge in [0.25, 0.3) is 0 Å². The molecule has 2 unspecified atom stereocenters. The van der Waals surface area contributed by atoms with Crippen molar-refractivity contribution in [3.8, 4) is 11.1 Å². The molecule has 1 aliphatic heterocycles. The smallest absolute Gasteiger partial charge is 0.227 e. The zero-order chi connectivity index (χ0) is 22.6. The van der Waals surface area contributed by atoms with Gasteiger partial charge in [0, 0.05) is 37.8 Å². The number of carbonyl (C=O) groups is 1. The summed E-state index contributed by atoms with van der Waals surface area (Å²) >= 11 is 0. The summed E-state index contributed by atoms with van der Waals surface area (Å²) in [5.74, 6) is 3.87. The van der Waals surface area contributed by atoms with Crippen LogP contribution >= 0.6 is 0 Å². The molecule has 0 radical (unpaired) electrons. The Bertz CT molecular complexity index is 1010. The zero-order valence-corrected chi connectivity index (χ0v) is 19.9. The Balaban J connectivity index is 1.01. The SMILES string of the molecule is CN(CC1CN(C(=O)Cc2cc(-c3ccccc3)ccc2N)C1)CC12CC3CC(CC1C3)C2. The predicted octanol–water partition coefficient (Wildman–Crippen LogP) is 4.69. The van der Waals surface area contributed by atoms with E-state index in [1.54, 1.807) is 0 Å². The lowest BCUT2D eigenvalue weighted by Gasteiger charge is -2.43. The third-order valence-electron chi connectivity index (χ3n) is 9.22. The lowest BCUT2D eigenvalue weighted by atomic mass is 9.75. The van der Waals surface area contributed by atoms with Gasteiger partial charge in [-0.3, -0.25) is 4.79 Å². The average Bonchev–Trinajstić information content (AvgIpc) is 3.15. The molecule has 0 spiro atoms. The van der Waals surface area contributed by atoms with Gasteiger partial charge in [-0.15, -0.1) is 0 Å². The Morgan fingerprint density at radius 1 is 1.03 bits per heavy atom. The number of benzene rings is 2. The number of rotatable bonds is 7. The zero-order valence-electron chi connectivity index (χ0n) is 19.9. The molecule has 4 nitrogen and oxygen atoms in total. The number of nitrogens with two attached hydrogens (primary N) is 1. The molecule has 4 heteroatoms. The normalized spacial score (nSPS) is 30.2. The molecule has 4 bridgehead atoms. The second-order valence-electron chi connectivity index (χ2n) is 11.7. The standard InChI is InChI=1S/C29H37N3O/c1-31(19-29-14-20-9-21(15-29)11-26(29)10-20)16-22-17-32(18-22)28(33)13-25-12-24(7-8-27(25)30)23-5-3-2-4-6-23/h2-8,12,20-22,26H,9-11,13-19,30H2,1H3. The van der Waals surface area contributed by atoms with Crippen LogP contribution in [-0.4, -0.2) is 48.9 Å². The maximum absolute atomic E-state index is 13.0. The lowest BCUT2D eigenvalue weighted by Crippen LogP contribution is -2.54. The molecular weight excluding hydrogens is 406 g/mol. The summed E-state index contributed by atoms with van der Waals surface area (Å²) in [6.45, 7) is 4.18. The number of likely N-dealkylation sites (tertiary alicyclic amines) is 1. The molecule has 1 saturated heterocycles. The van der Waals surface area contributed by atoms with E-state index in [2.05, 4.69) is 30.1 Å². The highest BCUT2D eigenvalue weighted by Crippen LogP contribution is 2.65. The highest BCUT2D eigenvalue weighted by Gasteiger charge is 2.57. The molecule has 5 fully saturated rings. The molecule has 1 heterocycles.